The molecule has 0 saturated heterocycles. The van der Waals surface area contributed by atoms with Gasteiger partial charge in [-0.1, -0.05) is 12.1 Å². The summed E-state index contributed by atoms with van der Waals surface area (Å²) in [6.45, 7) is 6.09. The number of carbonyl (C=O) groups is 1. The molecule has 2 rings (SSSR count). The maximum absolute atomic E-state index is 12.3. The quantitative estimate of drug-likeness (QED) is 0.809. The second kappa shape index (κ2) is 4.62. The molecule has 90 valence electrons. The van der Waals surface area contributed by atoms with Crippen LogP contribution < -0.4 is 0 Å². The van der Waals surface area contributed by atoms with E-state index in [4.69, 9.17) is 0 Å². The molecule has 0 atom stereocenters. The monoisotopic (exact) mass is 231 g/mol. The fraction of sp³-hybridized carbons (Fsp3) is 0.357. The summed E-state index contributed by atoms with van der Waals surface area (Å²) in [5, 5.41) is 9.81. The number of benzene rings is 1. The lowest BCUT2D eigenvalue weighted by Crippen LogP contribution is -2.33. The van der Waals surface area contributed by atoms with E-state index in [0.29, 0.717) is 18.2 Å². The average Bonchev–Trinajstić information content (AvgIpc) is 3.09. The predicted molar refractivity (Wildman–Crippen MR) is 67.1 cm³/mol. The first kappa shape index (κ1) is 11.7. The maximum atomic E-state index is 12.3. The van der Waals surface area contributed by atoms with Gasteiger partial charge in [-0.05, 0) is 37.5 Å². The number of rotatable bonds is 4. The largest absolute Gasteiger partial charge is 0.507 e. The third-order valence-electron chi connectivity index (χ3n) is 2.96. The summed E-state index contributed by atoms with van der Waals surface area (Å²) in [5.41, 5.74) is 1.32. The molecule has 1 aromatic carbocycles. The Kier molecular flexibility index (Phi) is 3.18. The van der Waals surface area contributed by atoms with E-state index < -0.39 is 0 Å². The van der Waals surface area contributed by atoms with E-state index in [9.17, 15) is 9.90 Å². The van der Waals surface area contributed by atoms with Crippen LogP contribution in [0.15, 0.2) is 30.9 Å². The molecule has 1 aromatic rings. The van der Waals surface area contributed by atoms with Crippen molar-refractivity contribution in [3.63, 3.8) is 0 Å². The highest BCUT2D eigenvalue weighted by Gasteiger charge is 2.32. The molecule has 1 aliphatic rings. The molecule has 17 heavy (non-hydrogen) atoms. The number of phenols is 1. The van der Waals surface area contributed by atoms with Crippen LogP contribution in [0.25, 0.3) is 0 Å². The fourth-order valence-corrected chi connectivity index (χ4v) is 1.90. The van der Waals surface area contributed by atoms with Gasteiger partial charge in [0, 0.05) is 12.6 Å². The third-order valence-corrected chi connectivity index (χ3v) is 2.96. The lowest BCUT2D eigenvalue weighted by molar-refractivity contribution is 0.0759. The van der Waals surface area contributed by atoms with Crippen molar-refractivity contribution < 1.29 is 9.90 Å². The average molecular weight is 231 g/mol. The predicted octanol–water partition coefficient (Wildman–Crippen LogP) is 2.49. The lowest BCUT2D eigenvalue weighted by Gasteiger charge is -2.21. The Bertz CT molecular complexity index is 450. The Morgan fingerprint density at radius 2 is 2.29 bits per heavy atom. The van der Waals surface area contributed by atoms with Gasteiger partial charge in [0.05, 0.1) is 5.56 Å². The topological polar surface area (TPSA) is 40.5 Å². The van der Waals surface area contributed by atoms with Crippen LogP contribution in [0.2, 0.25) is 0 Å². The normalized spacial score (nSPS) is 14.4. The van der Waals surface area contributed by atoms with E-state index in [2.05, 4.69) is 6.58 Å². The first-order valence-electron chi connectivity index (χ1n) is 5.85. The second-order valence-corrected chi connectivity index (χ2v) is 4.50. The van der Waals surface area contributed by atoms with Crippen LogP contribution in [0.3, 0.4) is 0 Å². The number of hydrogen-bond acceptors (Lipinski definition) is 2. The first-order chi connectivity index (χ1) is 8.13. The van der Waals surface area contributed by atoms with Gasteiger partial charge in [0.15, 0.2) is 0 Å². The molecule has 1 saturated carbocycles. The van der Waals surface area contributed by atoms with Gasteiger partial charge >= 0.3 is 0 Å². The van der Waals surface area contributed by atoms with Gasteiger partial charge in [-0.25, -0.2) is 0 Å². The molecular formula is C14H17NO2. The smallest absolute Gasteiger partial charge is 0.258 e. The summed E-state index contributed by atoms with van der Waals surface area (Å²) in [4.78, 5) is 14.0. The number of aromatic hydroxyl groups is 1. The standard InChI is InChI=1S/C14H17NO2/c1-3-8-15(11-5-6-11)14(17)12-7-4-10(2)9-13(12)16/h3-4,7,9,11,16H,1,5-6,8H2,2H3. The van der Waals surface area contributed by atoms with Crippen LogP contribution in [0, 0.1) is 6.92 Å². The molecule has 0 spiro atoms. The Labute approximate surface area is 101 Å². The van der Waals surface area contributed by atoms with Crippen molar-refractivity contribution in [3.8, 4) is 5.75 Å². The van der Waals surface area contributed by atoms with Gasteiger partial charge < -0.3 is 10.0 Å². The van der Waals surface area contributed by atoms with E-state index in [-0.39, 0.29) is 11.7 Å². The number of carbonyl (C=O) groups excluding carboxylic acids is 1. The summed E-state index contributed by atoms with van der Waals surface area (Å²) < 4.78 is 0. The molecule has 0 bridgehead atoms. The van der Waals surface area contributed by atoms with Crippen molar-refractivity contribution in [1.29, 1.82) is 0 Å². The van der Waals surface area contributed by atoms with Gasteiger partial charge in [0.2, 0.25) is 0 Å². The van der Waals surface area contributed by atoms with Gasteiger partial charge in [-0.3, -0.25) is 4.79 Å². The number of amides is 1. The first-order valence-corrected chi connectivity index (χ1v) is 5.85. The zero-order chi connectivity index (χ0) is 12.4. The van der Waals surface area contributed by atoms with Crippen molar-refractivity contribution in [1.82, 2.24) is 4.90 Å². The van der Waals surface area contributed by atoms with Gasteiger partial charge in [0.25, 0.3) is 5.91 Å². The van der Waals surface area contributed by atoms with Crippen LogP contribution in [0.4, 0.5) is 0 Å². The molecule has 1 N–H and O–H groups in total. The molecule has 3 heteroatoms. The summed E-state index contributed by atoms with van der Waals surface area (Å²) >= 11 is 0. The SMILES string of the molecule is C=CCN(C(=O)c1ccc(C)cc1O)C1CC1. The summed E-state index contributed by atoms with van der Waals surface area (Å²) in [7, 11) is 0. The van der Waals surface area contributed by atoms with Crippen LogP contribution in [-0.2, 0) is 0 Å². The van der Waals surface area contributed by atoms with Crippen molar-refractivity contribution in [2.75, 3.05) is 6.54 Å². The van der Waals surface area contributed by atoms with Crippen LogP contribution in [-0.4, -0.2) is 28.5 Å². The highest BCUT2D eigenvalue weighted by Crippen LogP contribution is 2.30. The van der Waals surface area contributed by atoms with E-state index in [0.717, 1.165) is 18.4 Å². The Hall–Kier alpha value is -1.77. The zero-order valence-electron chi connectivity index (χ0n) is 10.0. The van der Waals surface area contributed by atoms with Crippen molar-refractivity contribution in [3.05, 3.63) is 42.0 Å². The highest BCUT2D eigenvalue weighted by atomic mass is 16.3. The van der Waals surface area contributed by atoms with E-state index in [1.165, 1.54) is 0 Å². The molecule has 1 aliphatic carbocycles. The van der Waals surface area contributed by atoms with E-state index in [1.807, 2.05) is 13.0 Å². The molecular weight excluding hydrogens is 214 g/mol. The van der Waals surface area contributed by atoms with Gasteiger partial charge in [-0.2, -0.15) is 0 Å². The number of hydrogen-bond donors (Lipinski definition) is 1. The Morgan fingerprint density at radius 3 is 2.82 bits per heavy atom. The molecule has 0 heterocycles. The highest BCUT2D eigenvalue weighted by molar-refractivity contribution is 5.97. The lowest BCUT2D eigenvalue weighted by atomic mass is 10.1. The Balaban J connectivity index is 2.24. The molecule has 3 nitrogen and oxygen atoms in total. The second-order valence-electron chi connectivity index (χ2n) is 4.50. The molecule has 0 radical (unpaired) electrons. The van der Waals surface area contributed by atoms with Crippen molar-refractivity contribution in [2.24, 2.45) is 0 Å². The van der Waals surface area contributed by atoms with E-state index in [1.54, 1.807) is 23.1 Å². The molecule has 0 unspecified atom stereocenters. The molecule has 1 amide bonds. The number of phenolic OH excluding ortho intramolecular Hbond substituents is 1. The molecule has 0 aromatic heterocycles. The molecule has 0 aliphatic heterocycles. The van der Waals surface area contributed by atoms with Crippen molar-refractivity contribution >= 4 is 5.91 Å². The Morgan fingerprint density at radius 1 is 1.59 bits per heavy atom. The van der Waals surface area contributed by atoms with Crippen molar-refractivity contribution in [2.45, 2.75) is 25.8 Å². The van der Waals surface area contributed by atoms with Crippen LogP contribution in [0.5, 0.6) is 5.75 Å². The molecule has 1 fully saturated rings. The minimum Gasteiger partial charge on any atom is -0.507 e. The summed E-state index contributed by atoms with van der Waals surface area (Å²) in [5.74, 6) is -0.0467. The van der Waals surface area contributed by atoms with Crippen LogP contribution in [0.1, 0.15) is 28.8 Å². The maximum Gasteiger partial charge on any atom is 0.258 e. The minimum absolute atomic E-state index is 0.0599. The third kappa shape index (κ3) is 2.49. The van der Waals surface area contributed by atoms with E-state index >= 15 is 0 Å². The fourth-order valence-electron chi connectivity index (χ4n) is 1.90. The zero-order valence-corrected chi connectivity index (χ0v) is 10.0. The summed E-state index contributed by atoms with van der Waals surface area (Å²) in [6, 6.07) is 5.46. The summed E-state index contributed by atoms with van der Waals surface area (Å²) in [6.07, 6.45) is 3.82. The minimum atomic E-state index is -0.107. The number of aryl methyl sites for hydroxylation is 1. The van der Waals surface area contributed by atoms with Crippen LogP contribution >= 0.6 is 0 Å². The van der Waals surface area contributed by atoms with Gasteiger partial charge in [-0.15, -0.1) is 6.58 Å². The number of nitrogens with zero attached hydrogens (tertiary/aromatic N) is 1. The van der Waals surface area contributed by atoms with Gasteiger partial charge in [0.1, 0.15) is 5.75 Å².